The van der Waals surface area contributed by atoms with Crippen LogP contribution in [-0.4, -0.2) is 37.2 Å². The summed E-state index contributed by atoms with van der Waals surface area (Å²) in [6.45, 7) is 6.53. The van der Waals surface area contributed by atoms with Crippen LogP contribution in [0, 0.1) is 0 Å². The van der Waals surface area contributed by atoms with E-state index in [1.165, 1.54) is 225 Å². The number of rotatable bonds is 65. The molecule has 6 nitrogen and oxygen atoms in total. The van der Waals surface area contributed by atoms with Gasteiger partial charge in [0.25, 0.3) is 0 Å². The third-order valence-electron chi connectivity index (χ3n) is 15.7. The average molecular weight is 1130 g/mol. The normalized spacial score (nSPS) is 12.5. The minimum atomic E-state index is -0.782. The molecule has 470 valence electrons. The summed E-state index contributed by atoms with van der Waals surface area (Å²) in [7, 11) is 0. The van der Waals surface area contributed by atoms with Gasteiger partial charge in [-0.15, -0.1) is 0 Å². The minimum absolute atomic E-state index is 0.0768. The number of unbranched alkanes of at least 4 members (excludes halogenated alkanes) is 42. The number of hydrogen-bond acceptors (Lipinski definition) is 6. The highest BCUT2D eigenvalue weighted by molar-refractivity contribution is 5.71. The van der Waals surface area contributed by atoms with E-state index in [0.717, 1.165) is 103 Å². The summed E-state index contributed by atoms with van der Waals surface area (Å²) in [5.74, 6) is -0.874. The molecular weight excluding hydrogens is 997 g/mol. The van der Waals surface area contributed by atoms with Gasteiger partial charge in [0.1, 0.15) is 13.2 Å². The largest absolute Gasteiger partial charge is 0.462 e. The van der Waals surface area contributed by atoms with Crippen LogP contribution in [0.2, 0.25) is 0 Å². The van der Waals surface area contributed by atoms with Crippen LogP contribution in [0.25, 0.3) is 0 Å². The van der Waals surface area contributed by atoms with Crippen molar-refractivity contribution in [3.05, 3.63) is 72.9 Å². The summed E-state index contributed by atoms with van der Waals surface area (Å²) >= 11 is 0. The van der Waals surface area contributed by atoms with Crippen LogP contribution in [0.4, 0.5) is 0 Å². The predicted octanol–water partition coefficient (Wildman–Crippen LogP) is 24.4. The van der Waals surface area contributed by atoms with Crippen molar-refractivity contribution in [1.82, 2.24) is 0 Å². The van der Waals surface area contributed by atoms with Gasteiger partial charge in [-0.1, -0.05) is 338 Å². The Kier molecular flexibility index (Phi) is 66.6. The molecule has 1 atom stereocenters. The highest BCUT2D eigenvalue weighted by Crippen LogP contribution is 2.18. The maximum atomic E-state index is 12.9. The topological polar surface area (TPSA) is 78.9 Å². The van der Waals surface area contributed by atoms with Crippen molar-refractivity contribution >= 4 is 17.9 Å². The summed E-state index contributed by atoms with van der Waals surface area (Å²) in [5.41, 5.74) is 0. The lowest BCUT2D eigenvalue weighted by Gasteiger charge is -2.18. The van der Waals surface area contributed by atoms with Gasteiger partial charge >= 0.3 is 17.9 Å². The van der Waals surface area contributed by atoms with Crippen LogP contribution in [-0.2, 0) is 28.6 Å². The summed E-state index contributed by atoms with van der Waals surface area (Å²) in [5, 5.41) is 0. The van der Waals surface area contributed by atoms with Crippen molar-refractivity contribution < 1.29 is 28.6 Å². The quantitative estimate of drug-likeness (QED) is 0.0261. The zero-order chi connectivity index (χ0) is 58.5. The molecule has 1 unspecified atom stereocenters. The van der Waals surface area contributed by atoms with Crippen molar-refractivity contribution in [3.63, 3.8) is 0 Å². The molecular formula is C75H134O6. The Morgan fingerprint density at radius 2 is 0.494 bits per heavy atom. The first-order valence-electron chi connectivity index (χ1n) is 35.4. The van der Waals surface area contributed by atoms with Crippen LogP contribution in [0.1, 0.15) is 367 Å². The Labute approximate surface area is 503 Å². The van der Waals surface area contributed by atoms with Gasteiger partial charge in [0, 0.05) is 19.3 Å². The lowest BCUT2D eigenvalue weighted by Crippen LogP contribution is -2.30. The molecule has 0 N–H and O–H groups in total. The lowest BCUT2D eigenvalue weighted by atomic mass is 10.0. The Morgan fingerprint density at radius 3 is 0.802 bits per heavy atom. The second-order valence-electron chi connectivity index (χ2n) is 23.8. The molecule has 0 aliphatic carbocycles. The van der Waals surface area contributed by atoms with Gasteiger partial charge < -0.3 is 14.2 Å². The third-order valence-corrected chi connectivity index (χ3v) is 15.7. The van der Waals surface area contributed by atoms with Gasteiger partial charge in [-0.05, 0) is 83.5 Å². The van der Waals surface area contributed by atoms with Gasteiger partial charge in [-0.2, -0.15) is 0 Å². The molecule has 0 heterocycles. The van der Waals surface area contributed by atoms with Crippen LogP contribution in [0.3, 0.4) is 0 Å². The van der Waals surface area contributed by atoms with Crippen LogP contribution >= 0.6 is 0 Å². The number of hydrogen-bond donors (Lipinski definition) is 0. The molecule has 0 bridgehead atoms. The molecule has 0 aromatic rings. The number of carbonyl (C=O) groups is 3. The Morgan fingerprint density at radius 1 is 0.259 bits per heavy atom. The minimum Gasteiger partial charge on any atom is -0.462 e. The van der Waals surface area contributed by atoms with Gasteiger partial charge in [0.15, 0.2) is 6.10 Å². The standard InChI is InChI=1S/C75H134O6/c1-4-7-10-13-16-19-22-24-26-28-30-32-34-36-37-39-40-42-44-46-48-50-53-56-59-62-65-68-74(77)80-71-72(70-79-73(76)67-64-61-58-55-52-21-18-15-12-9-6-3)81-75(78)69-66-63-60-57-54-51-49-47-45-43-41-38-35-33-31-29-27-25-23-20-17-14-11-8-5-2/h8,11,15,17-18,20,25,27,31,33,38,41,72H,4-7,9-10,12-14,16,19,21-24,26,28-30,32,34-37,39-40,42-71H2,1-3H3/b11-8-,18-15-,20-17-,27-25-,33-31-,41-38-. The molecule has 81 heavy (non-hydrogen) atoms. The van der Waals surface area contributed by atoms with E-state index in [1.54, 1.807) is 0 Å². The molecule has 0 fully saturated rings. The second kappa shape index (κ2) is 69.3. The van der Waals surface area contributed by atoms with E-state index >= 15 is 0 Å². The fraction of sp³-hybridized carbons (Fsp3) is 0.800. The SMILES string of the molecule is CC/C=C\C/C=C\C/C=C\C/C=C\C/C=C\CCCCCCCCCCCC(=O)OC(COC(=O)CCCCCCC/C=C\CCCC)COC(=O)CCCCCCCCCCCCCCCCCCCCCCCCCCCCC. The second-order valence-corrected chi connectivity index (χ2v) is 23.8. The van der Waals surface area contributed by atoms with Crippen molar-refractivity contribution in [2.24, 2.45) is 0 Å². The van der Waals surface area contributed by atoms with E-state index in [9.17, 15) is 14.4 Å². The van der Waals surface area contributed by atoms with Crippen molar-refractivity contribution in [3.8, 4) is 0 Å². The monoisotopic (exact) mass is 1130 g/mol. The summed E-state index contributed by atoms with van der Waals surface area (Å²) in [4.78, 5) is 38.4. The van der Waals surface area contributed by atoms with Crippen molar-refractivity contribution in [1.29, 1.82) is 0 Å². The highest BCUT2D eigenvalue weighted by atomic mass is 16.6. The van der Waals surface area contributed by atoms with E-state index in [2.05, 4.69) is 93.7 Å². The maximum absolute atomic E-state index is 12.9. The molecule has 0 spiro atoms. The molecule has 0 aromatic heterocycles. The highest BCUT2D eigenvalue weighted by Gasteiger charge is 2.19. The first-order valence-corrected chi connectivity index (χ1v) is 35.4. The van der Waals surface area contributed by atoms with E-state index in [-0.39, 0.29) is 31.1 Å². The maximum Gasteiger partial charge on any atom is 0.306 e. The molecule has 0 aliphatic heterocycles. The van der Waals surface area contributed by atoms with E-state index in [0.29, 0.717) is 19.3 Å². The van der Waals surface area contributed by atoms with E-state index in [4.69, 9.17) is 14.2 Å². The van der Waals surface area contributed by atoms with E-state index in [1.807, 2.05) is 0 Å². The zero-order valence-electron chi connectivity index (χ0n) is 54.1. The molecule has 0 saturated heterocycles. The fourth-order valence-electron chi connectivity index (χ4n) is 10.4. The fourth-order valence-corrected chi connectivity index (χ4v) is 10.4. The smallest absolute Gasteiger partial charge is 0.306 e. The van der Waals surface area contributed by atoms with E-state index < -0.39 is 6.10 Å². The number of ether oxygens (including phenoxy) is 3. The summed E-state index contributed by atoms with van der Waals surface area (Å²) < 4.78 is 17.0. The lowest BCUT2D eigenvalue weighted by molar-refractivity contribution is -0.167. The molecule has 0 saturated carbocycles. The number of carbonyl (C=O) groups excluding carboxylic acids is 3. The number of allylic oxidation sites excluding steroid dienone is 12. The zero-order valence-corrected chi connectivity index (χ0v) is 54.1. The first-order chi connectivity index (χ1) is 40.0. The molecule has 0 rings (SSSR count). The van der Waals surface area contributed by atoms with Gasteiger partial charge in [0.2, 0.25) is 0 Å². The number of esters is 3. The molecule has 0 amide bonds. The summed E-state index contributed by atoms with van der Waals surface area (Å²) in [6.07, 6.45) is 90.9. The molecule has 6 heteroatoms. The van der Waals surface area contributed by atoms with Crippen molar-refractivity contribution in [2.75, 3.05) is 13.2 Å². The third kappa shape index (κ3) is 67.5. The first kappa shape index (κ1) is 77.9. The molecule has 0 radical (unpaired) electrons. The van der Waals surface area contributed by atoms with Gasteiger partial charge in [-0.3, -0.25) is 14.4 Å². The predicted molar refractivity (Wildman–Crippen MR) is 353 cm³/mol. The Hall–Kier alpha value is -3.15. The van der Waals surface area contributed by atoms with Gasteiger partial charge in [-0.25, -0.2) is 0 Å². The molecule has 0 aliphatic rings. The summed E-state index contributed by atoms with van der Waals surface area (Å²) in [6, 6.07) is 0. The molecule has 0 aromatic carbocycles. The Balaban J connectivity index is 4.20. The van der Waals surface area contributed by atoms with Crippen LogP contribution in [0.5, 0.6) is 0 Å². The van der Waals surface area contributed by atoms with Crippen molar-refractivity contribution in [2.45, 2.75) is 374 Å². The van der Waals surface area contributed by atoms with Crippen LogP contribution < -0.4 is 0 Å². The Bertz CT molecular complexity index is 1490. The average Bonchev–Trinajstić information content (AvgIpc) is 3.47. The van der Waals surface area contributed by atoms with Crippen LogP contribution in [0.15, 0.2) is 72.9 Å². The van der Waals surface area contributed by atoms with Gasteiger partial charge in [0.05, 0.1) is 0 Å².